The first-order valence-electron chi connectivity index (χ1n) is 3.31. The molecular weight excluding hydrogens is 241 g/mol. The van der Waals surface area contributed by atoms with E-state index in [2.05, 4.69) is 25.9 Å². The molecule has 0 bridgehead atoms. The monoisotopic (exact) mass is 245 g/mol. The molecule has 0 amide bonds. The summed E-state index contributed by atoms with van der Waals surface area (Å²) in [5, 5.41) is 0.471. The van der Waals surface area contributed by atoms with E-state index in [1.807, 2.05) is 11.6 Å². The minimum Gasteiger partial charge on any atom is -0.317 e. The zero-order valence-corrected chi connectivity index (χ0v) is 8.59. The molecule has 0 aromatic carbocycles. The third kappa shape index (κ3) is 1.03. The molecule has 0 aliphatic heterocycles. The Kier molecular flexibility index (Phi) is 1.81. The third-order valence-corrected chi connectivity index (χ3v) is 2.60. The van der Waals surface area contributed by atoms with Crippen molar-refractivity contribution in [3.05, 3.63) is 22.1 Å². The van der Waals surface area contributed by atoms with Gasteiger partial charge in [0.25, 0.3) is 0 Å². The van der Waals surface area contributed by atoms with E-state index >= 15 is 0 Å². The minimum atomic E-state index is 0.471. The summed E-state index contributed by atoms with van der Waals surface area (Å²) in [6, 6.07) is 0. The largest absolute Gasteiger partial charge is 0.317 e. The summed E-state index contributed by atoms with van der Waals surface area (Å²) in [6.07, 6.45) is 3.41. The number of nitrogens with zero attached hydrogens (tertiary/aromatic N) is 3. The van der Waals surface area contributed by atoms with Gasteiger partial charge in [0.15, 0.2) is 0 Å². The molecule has 2 rings (SSSR count). The Labute approximate surface area is 82.5 Å². The van der Waals surface area contributed by atoms with Gasteiger partial charge in [0, 0.05) is 13.2 Å². The van der Waals surface area contributed by atoms with Crippen molar-refractivity contribution in [1.29, 1.82) is 0 Å². The average Bonchev–Trinajstić information content (AvgIpc) is 2.29. The van der Waals surface area contributed by atoms with Crippen LogP contribution in [0.3, 0.4) is 0 Å². The molecule has 62 valence electrons. The van der Waals surface area contributed by atoms with Crippen LogP contribution in [-0.4, -0.2) is 14.5 Å². The van der Waals surface area contributed by atoms with Gasteiger partial charge in [-0.25, -0.2) is 4.98 Å². The van der Waals surface area contributed by atoms with E-state index in [-0.39, 0.29) is 0 Å². The molecule has 12 heavy (non-hydrogen) atoms. The molecule has 0 aliphatic rings. The predicted molar refractivity (Wildman–Crippen MR) is 51.2 cm³/mol. The SMILES string of the molecule is Cn1c(Cl)nc2cncc(Br)c21. The van der Waals surface area contributed by atoms with Crippen LogP contribution in [0.25, 0.3) is 11.0 Å². The number of halogens is 2. The van der Waals surface area contributed by atoms with Crippen molar-refractivity contribution >= 4 is 38.6 Å². The van der Waals surface area contributed by atoms with E-state index in [0.29, 0.717) is 5.28 Å². The van der Waals surface area contributed by atoms with Crippen LogP contribution in [0.4, 0.5) is 0 Å². The molecule has 0 radical (unpaired) electrons. The number of fused-ring (bicyclic) bond motifs is 1. The summed E-state index contributed by atoms with van der Waals surface area (Å²) in [7, 11) is 1.86. The van der Waals surface area contributed by atoms with Gasteiger partial charge in [-0.3, -0.25) is 4.98 Å². The van der Waals surface area contributed by atoms with Gasteiger partial charge in [0.05, 0.1) is 16.2 Å². The fraction of sp³-hybridized carbons (Fsp3) is 0.143. The fourth-order valence-electron chi connectivity index (χ4n) is 1.10. The predicted octanol–water partition coefficient (Wildman–Crippen LogP) is 2.38. The van der Waals surface area contributed by atoms with Gasteiger partial charge in [-0.15, -0.1) is 0 Å². The molecule has 0 saturated carbocycles. The first-order chi connectivity index (χ1) is 5.70. The highest BCUT2D eigenvalue weighted by Gasteiger charge is 2.07. The number of aryl methyl sites for hydroxylation is 1. The van der Waals surface area contributed by atoms with Crippen LogP contribution in [0.1, 0.15) is 0 Å². The summed E-state index contributed by atoms with van der Waals surface area (Å²) in [5.74, 6) is 0. The molecule has 0 N–H and O–H groups in total. The van der Waals surface area contributed by atoms with Gasteiger partial charge in [-0.1, -0.05) is 0 Å². The quantitative estimate of drug-likeness (QED) is 0.714. The second kappa shape index (κ2) is 2.71. The van der Waals surface area contributed by atoms with Crippen LogP contribution in [0.5, 0.6) is 0 Å². The Morgan fingerprint density at radius 3 is 2.92 bits per heavy atom. The van der Waals surface area contributed by atoms with Crippen LogP contribution in [0.2, 0.25) is 5.28 Å². The average molecular weight is 246 g/mol. The Morgan fingerprint density at radius 2 is 2.25 bits per heavy atom. The summed E-state index contributed by atoms with van der Waals surface area (Å²) in [5.41, 5.74) is 1.77. The molecule has 0 aliphatic carbocycles. The summed E-state index contributed by atoms with van der Waals surface area (Å²) < 4.78 is 2.71. The summed E-state index contributed by atoms with van der Waals surface area (Å²) >= 11 is 9.21. The van der Waals surface area contributed by atoms with Crippen molar-refractivity contribution in [3.63, 3.8) is 0 Å². The second-order valence-corrected chi connectivity index (χ2v) is 3.62. The second-order valence-electron chi connectivity index (χ2n) is 2.43. The van der Waals surface area contributed by atoms with Crippen LogP contribution in [-0.2, 0) is 7.05 Å². The molecule has 5 heteroatoms. The number of imidazole rings is 1. The van der Waals surface area contributed by atoms with Gasteiger partial charge < -0.3 is 4.57 Å². The minimum absolute atomic E-state index is 0.471. The molecule has 2 aromatic rings. The first kappa shape index (κ1) is 8.01. The van der Waals surface area contributed by atoms with Crippen molar-refractivity contribution < 1.29 is 0 Å². The number of rotatable bonds is 0. The number of aromatic nitrogens is 3. The normalized spacial score (nSPS) is 10.9. The maximum absolute atomic E-state index is 5.83. The van der Waals surface area contributed by atoms with Gasteiger partial charge in [-0.05, 0) is 27.5 Å². The third-order valence-electron chi connectivity index (χ3n) is 1.68. The van der Waals surface area contributed by atoms with Crippen LogP contribution < -0.4 is 0 Å². The standard InChI is InChI=1S/C7H5BrClN3/c1-12-6-4(8)2-10-3-5(6)11-7(12)9/h2-3H,1H3. The lowest BCUT2D eigenvalue weighted by Crippen LogP contribution is -1.87. The Hall–Kier alpha value is -0.610. The van der Waals surface area contributed by atoms with E-state index in [9.17, 15) is 0 Å². The van der Waals surface area contributed by atoms with E-state index < -0.39 is 0 Å². The summed E-state index contributed by atoms with van der Waals surface area (Å²) in [6.45, 7) is 0. The molecular formula is C7H5BrClN3. The lowest BCUT2D eigenvalue weighted by molar-refractivity contribution is 0.946. The van der Waals surface area contributed by atoms with Crippen LogP contribution in [0, 0.1) is 0 Å². The Morgan fingerprint density at radius 1 is 1.50 bits per heavy atom. The lowest BCUT2D eigenvalue weighted by atomic mass is 10.4. The molecule has 2 heterocycles. The Bertz CT molecular complexity index is 437. The molecule has 0 saturated heterocycles. The summed E-state index contributed by atoms with van der Waals surface area (Å²) in [4.78, 5) is 8.09. The van der Waals surface area contributed by atoms with Crippen molar-refractivity contribution in [2.75, 3.05) is 0 Å². The maximum atomic E-state index is 5.83. The van der Waals surface area contributed by atoms with Crippen molar-refractivity contribution in [2.24, 2.45) is 7.05 Å². The van der Waals surface area contributed by atoms with E-state index in [4.69, 9.17) is 11.6 Å². The molecule has 0 atom stereocenters. The van der Waals surface area contributed by atoms with Gasteiger partial charge in [-0.2, -0.15) is 0 Å². The topological polar surface area (TPSA) is 30.7 Å². The van der Waals surface area contributed by atoms with Gasteiger partial charge in [0.1, 0.15) is 5.52 Å². The van der Waals surface area contributed by atoms with E-state index in [1.54, 1.807) is 12.4 Å². The number of hydrogen-bond donors (Lipinski definition) is 0. The first-order valence-corrected chi connectivity index (χ1v) is 4.48. The molecule has 0 unspecified atom stereocenters. The van der Waals surface area contributed by atoms with Crippen molar-refractivity contribution in [3.8, 4) is 0 Å². The highest BCUT2D eigenvalue weighted by atomic mass is 79.9. The molecule has 2 aromatic heterocycles. The van der Waals surface area contributed by atoms with Crippen LogP contribution >= 0.6 is 27.5 Å². The van der Waals surface area contributed by atoms with Gasteiger partial charge >= 0.3 is 0 Å². The fourth-order valence-corrected chi connectivity index (χ4v) is 1.86. The molecule has 0 fully saturated rings. The van der Waals surface area contributed by atoms with Crippen molar-refractivity contribution in [2.45, 2.75) is 0 Å². The van der Waals surface area contributed by atoms with Gasteiger partial charge in [0.2, 0.25) is 5.28 Å². The maximum Gasteiger partial charge on any atom is 0.203 e. The number of pyridine rings is 1. The highest BCUT2D eigenvalue weighted by molar-refractivity contribution is 9.10. The molecule has 3 nitrogen and oxygen atoms in total. The molecule has 0 spiro atoms. The zero-order valence-electron chi connectivity index (χ0n) is 6.25. The van der Waals surface area contributed by atoms with Crippen LogP contribution in [0.15, 0.2) is 16.9 Å². The van der Waals surface area contributed by atoms with E-state index in [1.165, 1.54) is 0 Å². The lowest BCUT2D eigenvalue weighted by Gasteiger charge is -1.96. The smallest absolute Gasteiger partial charge is 0.203 e. The number of hydrogen-bond acceptors (Lipinski definition) is 2. The highest BCUT2D eigenvalue weighted by Crippen LogP contribution is 2.24. The van der Waals surface area contributed by atoms with E-state index in [0.717, 1.165) is 15.5 Å². The zero-order chi connectivity index (χ0) is 8.72. The van der Waals surface area contributed by atoms with Crippen molar-refractivity contribution in [1.82, 2.24) is 14.5 Å². The Balaban J connectivity index is 2.97.